The normalized spacial score (nSPS) is 14.9. The van der Waals surface area contributed by atoms with Gasteiger partial charge in [-0.05, 0) is 48.2 Å². The van der Waals surface area contributed by atoms with Crippen molar-refractivity contribution in [1.82, 2.24) is 4.98 Å². The number of anilines is 1. The van der Waals surface area contributed by atoms with Crippen LogP contribution in [0.15, 0.2) is 36.7 Å². The molecule has 108 valence electrons. The van der Waals surface area contributed by atoms with Gasteiger partial charge in [-0.15, -0.1) is 0 Å². The van der Waals surface area contributed by atoms with E-state index >= 15 is 0 Å². The Kier molecular flexibility index (Phi) is 3.47. The van der Waals surface area contributed by atoms with E-state index in [0.29, 0.717) is 0 Å². The second-order valence-corrected chi connectivity index (χ2v) is 5.56. The van der Waals surface area contributed by atoms with Crippen molar-refractivity contribution >= 4 is 11.6 Å². The number of benzene rings is 1. The molecular weight excluding hydrogens is 262 g/mol. The van der Waals surface area contributed by atoms with Gasteiger partial charge in [0.2, 0.25) is 5.91 Å². The monoisotopic (exact) mass is 281 g/mol. The van der Waals surface area contributed by atoms with Crippen LogP contribution in [0.1, 0.15) is 31.0 Å². The first-order chi connectivity index (χ1) is 10.1. The van der Waals surface area contributed by atoms with Gasteiger partial charge in [-0.2, -0.15) is 0 Å². The summed E-state index contributed by atoms with van der Waals surface area (Å²) in [6.07, 6.45) is 4.56. The van der Waals surface area contributed by atoms with Crippen LogP contribution in [0.4, 0.5) is 5.69 Å². The molecule has 2 aromatic rings. The largest absolute Gasteiger partial charge is 0.324 e. The van der Waals surface area contributed by atoms with Crippen molar-refractivity contribution in [3.63, 3.8) is 0 Å². The summed E-state index contributed by atoms with van der Waals surface area (Å²) in [5.41, 5.74) is 11.4. The zero-order valence-corrected chi connectivity index (χ0v) is 12.3. The van der Waals surface area contributed by atoms with Gasteiger partial charge in [0, 0.05) is 43.2 Å². The summed E-state index contributed by atoms with van der Waals surface area (Å²) < 4.78 is 0. The summed E-state index contributed by atoms with van der Waals surface area (Å²) in [4.78, 5) is 17.7. The molecule has 0 radical (unpaired) electrons. The van der Waals surface area contributed by atoms with Crippen LogP contribution < -0.4 is 10.6 Å². The van der Waals surface area contributed by atoms with Crippen LogP contribution >= 0.6 is 0 Å². The van der Waals surface area contributed by atoms with E-state index in [1.807, 2.05) is 30.2 Å². The van der Waals surface area contributed by atoms with E-state index in [-0.39, 0.29) is 11.9 Å². The molecule has 1 aromatic heterocycles. The van der Waals surface area contributed by atoms with Crippen LogP contribution in [0.2, 0.25) is 0 Å². The van der Waals surface area contributed by atoms with E-state index in [4.69, 9.17) is 5.73 Å². The van der Waals surface area contributed by atoms with Crippen molar-refractivity contribution in [1.29, 1.82) is 0 Å². The molecule has 0 aliphatic carbocycles. The highest BCUT2D eigenvalue weighted by Crippen LogP contribution is 2.32. The van der Waals surface area contributed by atoms with Crippen molar-refractivity contribution in [3.8, 4) is 11.1 Å². The second kappa shape index (κ2) is 5.30. The number of nitrogens with two attached hydrogens (primary N) is 1. The molecule has 2 N–H and O–H groups in total. The number of rotatable bonds is 2. The summed E-state index contributed by atoms with van der Waals surface area (Å²) in [5.74, 6) is 0.0992. The molecular formula is C17H19N3O. The van der Waals surface area contributed by atoms with Crippen LogP contribution in [-0.2, 0) is 11.2 Å². The lowest BCUT2D eigenvalue weighted by molar-refractivity contribution is -0.116. The summed E-state index contributed by atoms with van der Waals surface area (Å²) >= 11 is 0. The van der Waals surface area contributed by atoms with Gasteiger partial charge in [0.05, 0.1) is 0 Å². The number of carbonyl (C=O) groups is 1. The first kappa shape index (κ1) is 13.8. The van der Waals surface area contributed by atoms with Crippen LogP contribution in [0.3, 0.4) is 0 Å². The first-order valence-electron chi connectivity index (χ1n) is 7.18. The van der Waals surface area contributed by atoms with Gasteiger partial charge in [0.25, 0.3) is 0 Å². The van der Waals surface area contributed by atoms with Crippen molar-refractivity contribution < 1.29 is 4.79 Å². The highest BCUT2D eigenvalue weighted by atomic mass is 16.2. The average molecular weight is 281 g/mol. The first-order valence-corrected chi connectivity index (χ1v) is 7.18. The summed E-state index contributed by atoms with van der Waals surface area (Å²) in [5, 5.41) is 0. The van der Waals surface area contributed by atoms with E-state index in [2.05, 4.69) is 17.1 Å². The molecule has 1 aliphatic rings. The molecule has 0 saturated carbocycles. The van der Waals surface area contributed by atoms with Crippen molar-refractivity contribution in [3.05, 3.63) is 47.8 Å². The average Bonchev–Trinajstić information content (AvgIpc) is 2.90. The Bertz CT molecular complexity index is 694. The van der Waals surface area contributed by atoms with E-state index < -0.39 is 0 Å². The molecule has 1 amide bonds. The molecule has 2 heterocycles. The Balaban J connectivity index is 1.98. The Morgan fingerprint density at radius 1 is 1.29 bits per heavy atom. The lowest BCUT2D eigenvalue weighted by Gasteiger charge is -2.15. The van der Waals surface area contributed by atoms with Crippen molar-refractivity contribution in [2.75, 3.05) is 11.4 Å². The number of hydrogen-bond donors (Lipinski definition) is 1. The predicted molar refractivity (Wildman–Crippen MR) is 84.0 cm³/mol. The molecule has 1 aromatic carbocycles. The lowest BCUT2D eigenvalue weighted by atomic mass is 10.0. The van der Waals surface area contributed by atoms with Crippen LogP contribution in [0.25, 0.3) is 11.1 Å². The smallest absolute Gasteiger partial charge is 0.223 e. The second-order valence-electron chi connectivity index (χ2n) is 5.56. The van der Waals surface area contributed by atoms with E-state index in [0.717, 1.165) is 35.3 Å². The van der Waals surface area contributed by atoms with E-state index in [9.17, 15) is 4.79 Å². The Hall–Kier alpha value is -2.20. The molecule has 4 heteroatoms. The minimum Gasteiger partial charge on any atom is -0.324 e. The highest BCUT2D eigenvalue weighted by molar-refractivity contribution is 5.94. The molecule has 21 heavy (non-hydrogen) atoms. The molecule has 1 aliphatic heterocycles. The maximum atomic E-state index is 11.6. The molecule has 0 saturated heterocycles. The molecule has 3 rings (SSSR count). The van der Waals surface area contributed by atoms with Gasteiger partial charge in [-0.1, -0.05) is 6.07 Å². The predicted octanol–water partition coefficient (Wildman–Crippen LogP) is 2.68. The fourth-order valence-electron chi connectivity index (χ4n) is 2.77. The molecule has 4 nitrogen and oxygen atoms in total. The minimum absolute atomic E-state index is 0.0277. The number of pyridine rings is 1. The third-order valence-electron chi connectivity index (χ3n) is 3.97. The zero-order chi connectivity index (χ0) is 15.0. The van der Waals surface area contributed by atoms with Gasteiger partial charge < -0.3 is 10.6 Å². The standard InChI is InChI=1S/C17H19N3O/c1-11(18)15-8-16(10-19-9-15)13-3-4-17-14(7-13)5-6-20(17)12(2)21/h3-4,7-11H,5-6,18H2,1-2H3. The Labute approximate surface area is 124 Å². The van der Waals surface area contributed by atoms with E-state index in [1.165, 1.54) is 5.56 Å². The molecule has 0 fully saturated rings. The fourth-order valence-corrected chi connectivity index (χ4v) is 2.77. The van der Waals surface area contributed by atoms with Gasteiger partial charge in [-0.25, -0.2) is 0 Å². The topological polar surface area (TPSA) is 59.2 Å². The Morgan fingerprint density at radius 2 is 2.10 bits per heavy atom. The van der Waals surface area contributed by atoms with Crippen LogP contribution in [0, 0.1) is 0 Å². The van der Waals surface area contributed by atoms with Crippen LogP contribution in [-0.4, -0.2) is 17.4 Å². The fraction of sp³-hybridized carbons (Fsp3) is 0.294. The molecule has 1 unspecified atom stereocenters. The number of fused-ring (bicyclic) bond motifs is 1. The summed E-state index contributed by atoms with van der Waals surface area (Å²) in [7, 11) is 0. The minimum atomic E-state index is -0.0277. The molecule has 0 bridgehead atoms. The maximum absolute atomic E-state index is 11.6. The van der Waals surface area contributed by atoms with Gasteiger partial charge in [-0.3, -0.25) is 9.78 Å². The SMILES string of the molecule is CC(=O)N1CCc2cc(-c3cncc(C(C)N)c3)ccc21. The summed E-state index contributed by atoms with van der Waals surface area (Å²) in [6.45, 7) is 4.33. The lowest BCUT2D eigenvalue weighted by Crippen LogP contribution is -2.25. The number of nitrogens with zero attached hydrogens (tertiary/aromatic N) is 2. The van der Waals surface area contributed by atoms with Crippen molar-refractivity contribution in [2.45, 2.75) is 26.3 Å². The number of hydrogen-bond acceptors (Lipinski definition) is 3. The quantitative estimate of drug-likeness (QED) is 0.920. The third-order valence-corrected chi connectivity index (χ3v) is 3.97. The highest BCUT2D eigenvalue weighted by Gasteiger charge is 2.22. The van der Waals surface area contributed by atoms with E-state index in [1.54, 1.807) is 13.1 Å². The number of amides is 1. The maximum Gasteiger partial charge on any atom is 0.223 e. The Morgan fingerprint density at radius 3 is 2.81 bits per heavy atom. The summed E-state index contributed by atoms with van der Waals surface area (Å²) in [6, 6.07) is 8.27. The molecule has 0 spiro atoms. The van der Waals surface area contributed by atoms with Crippen molar-refractivity contribution in [2.24, 2.45) is 5.73 Å². The van der Waals surface area contributed by atoms with Crippen LogP contribution in [0.5, 0.6) is 0 Å². The van der Waals surface area contributed by atoms with Gasteiger partial charge in [0.15, 0.2) is 0 Å². The number of carbonyl (C=O) groups excluding carboxylic acids is 1. The van der Waals surface area contributed by atoms with Gasteiger partial charge in [0.1, 0.15) is 0 Å². The van der Waals surface area contributed by atoms with Gasteiger partial charge >= 0.3 is 0 Å². The third kappa shape index (κ3) is 2.54. The number of aromatic nitrogens is 1. The molecule has 1 atom stereocenters. The zero-order valence-electron chi connectivity index (χ0n) is 12.3.